The van der Waals surface area contributed by atoms with Gasteiger partial charge in [-0.1, -0.05) is 0 Å². The maximum atomic E-state index is 5.74. The van der Waals surface area contributed by atoms with Gasteiger partial charge in [-0.15, -0.1) is 24.8 Å². The Hall–Kier alpha value is -0.250. The Labute approximate surface area is 90.5 Å². The van der Waals surface area contributed by atoms with Crippen molar-refractivity contribution >= 4 is 24.8 Å². The molecule has 1 heterocycles. The van der Waals surface area contributed by atoms with Crippen LogP contribution in [-0.2, 0) is 6.54 Å². The quantitative estimate of drug-likeness (QED) is 0.828. The topological polar surface area (TPSA) is 43.8 Å². The predicted molar refractivity (Wildman–Crippen MR) is 57.7 cm³/mol. The highest BCUT2D eigenvalue weighted by atomic mass is 35.5. The summed E-state index contributed by atoms with van der Waals surface area (Å²) in [5.74, 6) is 0.581. The van der Waals surface area contributed by atoms with Crippen molar-refractivity contribution in [3.63, 3.8) is 0 Å². The highest BCUT2D eigenvalue weighted by Crippen LogP contribution is 2.38. The first-order valence-electron chi connectivity index (χ1n) is 4.10. The van der Waals surface area contributed by atoms with E-state index in [0.29, 0.717) is 12.0 Å². The zero-order valence-corrected chi connectivity index (χ0v) is 9.14. The molecule has 1 saturated carbocycles. The Morgan fingerprint density at radius 3 is 2.69 bits per heavy atom. The van der Waals surface area contributed by atoms with E-state index in [-0.39, 0.29) is 24.8 Å². The van der Waals surface area contributed by atoms with E-state index in [1.54, 1.807) is 0 Å². The summed E-state index contributed by atoms with van der Waals surface area (Å²) in [6, 6.07) is 2.46. The van der Waals surface area contributed by atoms with Gasteiger partial charge in [-0.05, 0) is 19.4 Å². The molecule has 0 bridgehead atoms. The van der Waals surface area contributed by atoms with Crippen LogP contribution in [-0.4, -0.2) is 15.8 Å². The third-order valence-corrected chi connectivity index (χ3v) is 2.27. The number of halogens is 2. The summed E-state index contributed by atoms with van der Waals surface area (Å²) in [5.41, 5.74) is 7.05. The van der Waals surface area contributed by atoms with Gasteiger partial charge in [0.2, 0.25) is 0 Å². The largest absolute Gasteiger partial charge is 0.327 e. The lowest BCUT2D eigenvalue weighted by Gasteiger charge is -2.01. The van der Waals surface area contributed by atoms with E-state index < -0.39 is 0 Å². The van der Waals surface area contributed by atoms with Crippen molar-refractivity contribution in [1.82, 2.24) is 9.78 Å². The van der Waals surface area contributed by atoms with Gasteiger partial charge in [-0.25, -0.2) is 0 Å². The zero-order chi connectivity index (χ0) is 7.84. The lowest BCUT2D eigenvalue weighted by atomic mass is 10.3. The SMILES string of the molecule is CCn1nccc1C1CC1N.Cl.Cl. The second-order valence-electron chi connectivity index (χ2n) is 3.08. The molecule has 0 spiro atoms. The van der Waals surface area contributed by atoms with Gasteiger partial charge in [0.05, 0.1) is 0 Å². The van der Waals surface area contributed by atoms with Crippen LogP contribution in [0.4, 0.5) is 0 Å². The molecule has 1 aromatic rings. The molecule has 0 saturated heterocycles. The van der Waals surface area contributed by atoms with E-state index in [9.17, 15) is 0 Å². The molecule has 2 atom stereocenters. The van der Waals surface area contributed by atoms with Crippen LogP contribution in [0.2, 0.25) is 0 Å². The molecular weight excluding hydrogens is 209 g/mol. The fraction of sp³-hybridized carbons (Fsp3) is 0.625. The molecule has 2 rings (SSSR count). The first kappa shape index (κ1) is 12.8. The van der Waals surface area contributed by atoms with Crippen LogP contribution in [0.15, 0.2) is 12.3 Å². The molecule has 2 N–H and O–H groups in total. The number of aromatic nitrogens is 2. The van der Waals surface area contributed by atoms with Gasteiger partial charge in [0, 0.05) is 30.4 Å². The van der Waals surface area contributed by atoms with E-state index >= 15 is 0 Å². The Morgan fingerprint density at radius 1 is 1.62 bits per heavy atom. The molecule has 1 aliphatic rings. The molecule has 0 radical (unpaired) electrons. The van der Waals surface area contributed by atoms with Gasteiger partial charge in [0.15, 0.2) is 0 Å². The molecule has 0 amide bonds. The molecule has 0 aliphatic heterocycles. The molecular formula is C8H15Cl2N3. The monoisotopic (exact) mass is 223 g/mol. The molecule has 1 fully saturated rings. The summed E-state index contributed by atoms with van der Waals surface area (Å²) in [5, 5.41) is 4.19. The van der Waals surface area contributed by atoms with Crippen molar-refractivity contribution in [3.05, 3.63) is 18.0 Å². The highest BCUT2D eigenvalue weighted by molar-refractivity contribution is 5.85. The number of nitrogens with two attached hydrogens (primary N) is 1. The molecule has 3 nitrogen and oxygen atoms in total. The van der Waals surface area contributed by atoms with E-state index in [0.717, 1.165) is 13.0 Å². The van der Waals surface area contributed by atoms with Crippen molar-refractivity contribution in [2.75, 3.05) is 0 Å². The van der Waals surface area contributed by atoms with Crippen molar-refractivity contribution in [2.24, 2.45) is 5.73 Å². The normalized spacial score (nSPS) is 24.5. The van der Waals surface area contributed by atoms with Gasteiger partial charge >= 0.3 is 0 Å². The van der Waals surface area contributed by atoms with E-state index in [1.165, 1.54) is 5.69 Å². The molecule has 1 aliphatic carbocycles. The Morgan fingerprint density at radius 2 is 2.23 bits per heavy atom. The first-order chi connectivity index (χ1) is 5.33. The van der Waals surface area contributed by atoms with Crippen LogP contribution >= 0.6 is 24.8 Å². The number of hydrogen-bond acceptors (Lipinski definition) is 2. The van der Waals surface area contributed by atoms with Crippen LogP contribution in [0.1, 0.15) is 25.0 Å². The van der Waals surface area contributed by atoms with Crippen molar-refractivity contribution in [1.29, 1.82) is 0 Å². The molecule has 1 aromatic heterocycles. The number of nitrogens with zero attached hydrogens (tertiary/aromatic N) is 2. The maximum absolute atomic E-state index is 5.74. The summed E-state index contributed by atoms with van der Waals surface area (Å²) in [4.78, 5) is 0. The number of aryl methyl sites for hydroxylation is 1. The predicted octanol–water partition coefficient (Wildman–Crippen LogP) is 1.56. The van der Waals surface area contributed by atoms with E-state index in [4.69, 9.17) is 5.73 Å². The minimum atomic E-state index is 0. The fourth-order valence-corrected chi connectivity index (χ4v) is 1.48. The number of rotatable bonds is 2. The smallest absolute Gasteiger partial charge is 0.0492 e. The highest BCUT2D eigenvalue weighted by Gasteiger charge is 2.36. The third kappa shape index (κ3) is 2.36. The first-order valence-corrected chi connectivity index (χ1v) is 4.10. The van der Waals surface area contributed by atoms with Crippen molar-refractivity contribution in [3.8, 4) is 0 Å². The summed E-state index contributed by atoms with van der Waals surface area (Å²) in [6.45, 7) is 3.05. The summed E-state index contributed by atoms with van der Waals surface area (Å²) in [7, 11) is 0. The van der Waals surface area contributed by atoms with E-state index in [1.807, 2.05) is 10.9 Å². The Bertz CT molecular complexity index is 262. The second kappa shape index (κ2) is 4.84. The van der Waals surface area contributed by atoms with Crippen LogP contribution in [0.5, 0.6) is 0 Å². The maximum Gasteiger partial charge on any atom is 0.0492 e. The van der Waals surface area contributed by atoms with E-state index in [2.05, 4.69) is 18.1 Å². The molecule has 13 heavy (non-hydrogen) atoms. The number of hydrogen-bond donors (Lipinski definition) is 1. The molecule has 5 heteroatoms. The average Bonchev–Trinajstić information content (AvgIpc) is 2.58. The second-order valence-corrected chi connectivity index (χ2v) is 3.08. The lowest BCUT2D eigenvalue weighted by Crippen LogP contribution is -2.06. The average molecular weight is 224 g/mol. The van der Waals surface area contributed by atoms with Crippen LogP contribution in [0, 0.1) is 0 Å². The van der Waals surface area contributed by atoms with Gasteiger partial charge < -0.3 is 5.73 Å². The van der Waals surface area contributed by atoms with Gasteiger partial charge in [0.1, 0.15) is 0 Å². The van der Waals surface area contributed by atoms with Crippen molar-refractivity contribution < 1.29 is 0 Å². The Balaban J connectivity index is 0.000000720. The summed E-state index contributed by atoms with van der Waals surface area (Å²) >= 11 is 0. The molecule has 0 aromatic carbocycles. The minimum Gasteiger partial charge on any atom is -0.327 e. The van der Waals surface area contributed by atoms with Gasteiger partial charge in [-0.3, -0.25) is 4.68 Å². The molecule has 2 unspecified atom stereocenters. The standard InChI is InChI=1S/C8H13N3.2ClH/c1-2-11-8(3-4-10-11)6-5-7(6)9;;/h3-4,6-7H,2,5,9H2,1H3;2*1H. The van der Waals surface area contributed by atoms with Crippen LogP contribution in [0.3, 0.4) is 0 Å². The third-order valence-electron chi connectivity index (χ3n) is 2.27. The minimum absolute atomic E-state index is 0. The fourth-order valence-electron chi connectivity index (χ4n) is 1.48. The summed E-state index contributed by atoms with van der Waals surface area (Å²) in [6.07, 6.45) is 2.98. The van der Waals surface area contributed by atoms with Gasteiger partial charge in [0.25, 0.3) is 0 Å². The zero-order valence-electron chi connectivity index (χ0n) is 7.51. The Kier molecular flexibility index (Phi) is 4.75. The molecule has 76 valence electrons. The summed E-state index contributed by atoms with van der Waals surface area (Å²) < 4.78 is 2.03. The van der Waals surface area contributed by atoms with Crippen LogP contribution < -0.4 is 5.73 Å². The van der Waals surface area contributed by atoms with Crippen molar-refractivity contribution in [2.45, 2.75) is 31.8 Å². The van der Waals surface area contributed by atoms with Crippen LogP contribution in [0.25, 0.3) is 0 Å². The lowest BCUT2D eigenvalue weighted by molar-refractivity contribution is 0.620. The van der Waals surface area contributed by atoms with Gasteiger partial charge in [-0.2, -0.15) is 5.10 Å².